The molecule has 2 nitrogen and oxygen atoms in total. The molecule has 0 radical (unpaired) electrons. The predicted octanol–water partition coefficient (Wildman–Crippen LogP) is 1.86. The van der Waals surface area contributed by atoms with Crippen LogP contribution >= 0.6 is 0 Å². The van der Waals surface area contributed by atoms with E-state index in [1.807, 2.05) is 0 Å². The molecule has 1 N–H and O–H groups in total. The maximum atomic E-state index is 3.45. The van der Waals surface area contributed by atoms with Crippen LogP contribution in [0.2, 0.25) is 0 Å². The minimum atomic E-state index is 0.559. The molecular weight excluding hydrogens is 172 g/mol. The SMILES string of the molecule is CC1(C)CCCN(C2CCNCC2)C1. The molecule has 0 aliphatic carbocycles. The van der Waals surface area contributed by atoms with Crippen molar-refractivity contribution in [3.05, 3.63) is 0 Å². The molecular formula is C12H24N2. The summed E-state index contributed by atoms with van der Waals surface area (Å²) in [5, 5.41) is 3.45. The first-order valence-corrected chi connectivity index (χ1v) is 6.12. The largest absolute Gasteiger partial charge is 0.317 e. The molecule has 2 aliphatic rings. The molecule has 2 heterocycles. The summed E-state index contributed by atoms with van der Waals surface area (Å²) in [4.78, 5) is 2.74. The normalized spacial score (nSPS) is 30.4. The summed E-state index contributed by atoms with van der Waals surface area (Å²) in [5.41, 5.74) is 0.559. The lowest BCUT2D eigenvalue weighted by Crippen LogP contribution is -2.49. The van der Waals surface area contributed by atoms with E-state index >= 15 is 0 Å². The van der Waals surface area contributed by atoms with E-state index in [-0.39, 0.29) is 0 Å². The van der Waals surface area contributed by atoms with Crippen molar-refractivity contribution in [2.24, 2.45) is 5.41 Å². The third kappa shape index (κ3) is 2.48. The maximum Gasteiger partial charge on any atom is 0.0120 e. The molecule has 0 aromatic carbocycles. The van der Waals surface area contributed by atoms with E-state index in [1.165, 1.54) is 51.9 Å². The number of piperidine rings is 2. The minimum Gasteiger partial charge on any atom is -0.317 e. The molecule has 2 heteroatoms. The molecule has 0 atom stereocenters. The van der Waals surface area contributed by atoms with Crippen LogP contribution in [0.3, 0.4) is 0 Å². The van der Waals surface area contributed by atoms with Gasteiger partial charge in [-0.25, -0.2) is 0 Å². The van der Waals surface area contributed by atoms with Gasteiger partial charge in [-0.2, -0.15) is 0 Å². The first-order valence-electron chi connectivity index (χ1n) is 6.12. The second-order valence-corrected chi connectivity index (χ2v) is 5.72. The number of nitrogens with zero attached hydrogens (tertiary/aromatic N) is 1. The highest BCUT2D eigenvalue weighted by Crippen LogP contribution is 2.30. The Balaban J connectivity index is 1.89. The molecule has 14 heavy (non-hydrogen) atoms. The van der Waals surface area contributed by atoms with E-state index in [1.54, 1.807) is 0 Å². The fourth-order valence-corrected chi connectivity index (χ4v) is 2.95. The Kier molecular flexibility index (Phi) is 3.13. The fourth-order valence-electron chi connectivity index (χ4n) is 2.95. The Hall–Kier alpha value is -0.0800. The van der Waals surface area contributed by atoms with Crippen molar-refractivity contribution in [2.75, 3.05) is 26.2 Å². The lowest BCUT2D eigenvalue weighted by molar-refractivity contribution is 0.0645. The van der Waals surface area contributed by atoms with Gasteiger partial charge in [0.2, 0.25) is 0 Å². The summed E-state index contributed by atoms with van der Waals surface area (Å²) < 4.78 is 0. The monoisotopic (exact) mass is 196 g/mol. The Labute approximate surface area is 88.1 Å². The van der Waals surface area contributed by atoms with Crippen molar-refractivity contribution < 1.29 is 0 Å². The topological polar surface area (TPSA) is 15.3 Å². The highest BCUT2D eigenvalue weighted by molar-refractivity contribution is 4.85. The average Bonchev–Trinajstić information content (AvgIpc) is 2.18. The maximum absolute atomic E-state index is 3.45. The van der Waals surface area contributed by atoms with Crippen molar-refractivity contribution in [3.8, 4) is 0 Å². The standard InChI is InChI=1S/C12H24N2/c1-12(2)6-3-9-14(10-12)11-4-7-13-8-5-11/h11,13H,3-10H2,1-2H3. The van der Waals surface area contributed by atoms with Gasteiger partial charge in [0.15, 0.2) is 0 Å². The van der Waals surface area contributed by atoms with E-state index in [2.05, 4.69) is 24.1 Å². The van der Waals surface area contributed by atoms with Gasteiger partial charge in [-0.05, 0) is 50.7 Å². The second-order valence-electron chi connectivity index (χ2n) is 5.72. The molecule has 2 fully saturated rings. The van der Waals surface area contributed by atoms with Crippen LogP contribution in [0.5, 0.6) is 0 Å². The third-order valence-corrected chi connectivity index (χ3v) is 3.76. The summed E-state index contributed by atoms with van der Waals surface area (Å²) in [7, 11) is 0. The summed E-state index contributed by atoms with van der Waals surface area (Å²) >= 11 is 0. The molecule has 0 unspecified atom stereocenters. The summed E-state index contributed by atoms with van der Waals surface area (Å²) in [6.45, 7) is 9.94. The molecule has 0 aromatic rings. The van der Waals surface area contributed by atoms with Gasteiger partial charge in [-0.1, -0.05) is 13.8 Å². The Morgan fingerprint density at radius 2 is 1.93 bits per heavy atom. The molecule has 2 saturated heterocycles. The van der Waals surface area contributed by atoms with Gasteiger partial charge in [0.25, 0.3) is 0 Å². The zero-order valence-electron chi connectivity index (χ0n) is 9.68. The molecule has 0 amide bonds. The van der Waals surface area contributed by atoms with Gasteiger partial charge < -0.3 is 5.32 Å². The zero-order valence-corrected chi connectivity index (χ0v) is 9.68. The van der Waals surface area contributed by atoms with Crippen molar-refractivity contribution in [3.63, 3.8) is 0 Å². The van der Waals surface area contributed by atoms with E-state index in [0.29, 0.717) is 5.41 Å². The zero-order chi connectivity index (χ0) is 10.0. The van der Waals surface area contributed by atoms with E-state index in [0.717, 1.165) is 6.04 Å². The Morgan fingerprint density at radius 1 is 1.21 bits per heavy atom. The van der Waals surface area contributed by atoms with Crippen molar-refractivity contribution in [1.29, 1.82) is 0 Å². The van der Waals surface area contributed by atoms with Crippen LogP contribution in [0.1, 0.15) is 39.5 Å². The average molecular weight is 196 g/mol. The van der Waals surface area contributed by atoms with E-state index in [4.69, 9.17) is 0 Å². The first-order chi connectivity index (χ1) is 6.67. The highest BCUT2D eigenvalue weighted by atomic mass is 15.2. The van der Waals surface area contributed by atoms with Gasteiger partial charge in [-0.15, -0.1) is 0 Å². The van der Waals surface area contributed by atoms with Gasteiger partial charge in [0.05, 0.1) is 0 Å². The number of hydrogen-bond acceptors (Lipinski definition) is 2. The van der Waals surface area contributed by atoms with Crippen LogP contribution in [0.15, 0.2) is 0 Å². The van der Waals surface area contributed by atoms with Gasteiger partial charge in [-0.3, -0.25) is 4.90 Å². The van der Waals surface area contributed by atoms with E-state index in [9.17, 15) is 0 Å². The van der Waals surface area contributed by atoms with E-state index < -0.39 is 0 Å². The Morgan fingerprint density at radius 3 is 2.57 bits per heavy atom. The van der Waals surface area contributed by atoms with Crippen molar-refractivity contribution in [1.82, 2.24) is 10.2 Å². The van der Waals surface area contributed by atoms with Gasteiger partial charge in [0, 0.05) is 12.6 Å². The second kappa shape index (κ2) is 4.19. The number of hydrogen-bond donors (Lipinski definition) is 1. The van der Waals surface area contributed by atoms with Crippen LogP contribution in [0.4, 0.5) is 0 Å². The number of rotatable bonds is 1. The molecule has 0 aromatic heterocycles. The van der Waals surface area contributed by atoms with Crippen LogP contribution in [0, 0.1) is 5.41 Å². The molecule has 2 rings (SSSR count). The molecule has 0 spiro atoms. The lowest BCUT2D eigenvalue weighted by Gasteiger charge is -2.43. The summed E-state index contributed by atoms with van der Waals surface area (Å²) in [6, 6.07) is 0.871. The van der Waals surface area contributed by atoms with Crippen LogP contribution in [-0.2, 0) is 0 Å². The molecule has 2 aliphatic heterocycles. The third-order valence-electron chi connectivity index (χ3n) is 3.76. The first kappa shape index (κ1) is 10.4. The Bertz CT molecular complexity index is 183. The number of likely N-dealkylation sites (tertiary alicyclic amines) is 1. The van der Waals surface area contributed by atoms with Crippen molar-refractivity contribution >= 4 is 0 Å². The van der Waals surface area contributed by atoms with Gasteiger partial charge >= 0.3 is 0 Å². The van der Waals surface area contributed by atoms with Crippen molar-refractivity contribution in [2.45, 2.75) is 45.6 Å². The fraction of sp³-hybridized carbons (Fsp3) is 1.00. The summed E-state index contributed by atoms with van der Waals surface area (Å²) in [6.07, 6.45) is 5.53. The predicted molar refractivity (Wildman–Crippen MR) is 60.5 cm³/mol. The lowest BCUT2D eigenvalue weighted by atomic mass is 9.83. The highest BCUT2D eigenvalue weighted by Gasteiger charge is 2.30. The van der Waals surface area contributed by atoms with Gasteiger partial charge in [0.1, 0.15) is 0 Å². The van der Waals surface area contributed by atoms with Crippen LogP contribution in [-0.4, -0.2) is 37.1 Å². The minimum absolute atomic E-state index is 0.559. The molecule has 82 valence electrons. The van der Waals surface area contributed by atoms with Crippen LogP contribution < -0.4 is 5.32 Å². The number of nitrogens with one attached hydrogen (secondary N) is 1. The summed E-state index contributed by atoms with van der Waals surface area (Å²) in [5.74, 6) is 0. The van der Waals surface area contributed by atoms with Crippen LogP contribution in [0.25, 0.3) is 0 Å². The quantitative estimate of drug-likeness (QED) is 0.688. The molecule has 0 saturated carbocycles. The molecule has 0 bridgehead atoms. The smallest absolute Gasteiger partial charge is 0.0120 e.